The Morgan fingerprint density at radius 3 is 2.82 bits per heavy atom. The minimum absolute atomic E-state index is 0.0794. The Labute approximate surface area is 97.5 Å². The Bertz CT molecular complexity index is 553. The molecule has 2 heterocycles. The molecule has 0 aromatic carbocycles. The van der Waals surface area contributed by atoms with Crippen LogP contribution in [0.25, 0.3) is 11.2 Å². The number of hydrogen-bond donors (Lipinski definition) is 3. The SMILES string of the molecule is Nc1ncnc2c1ncn2[C@H]1CC[C@H](N)[C@@H]1O. The summed E-state index contributed by atoms with van der Waals surface area (Å²) < 4.78 is 1.84. The van der Waals surface area contributed by atoms with Gasteiger partial charge < -0.3 is 21.1 Å². The summed E-state index contributed by atoms with van der Waals surface area (Å²) in [5.74, 6) is 0.352. The van der Waals surface area contributed by atoms with Crippen molar-refractivity contribution in [1.82, 2.24) is 19.5 Å². The monoisotopic (exact) mass is 234 g/mol. The third-order valence-electron chi connectivity index (χ3n) is 3.37. The number of nitrogens with two attached hydrogens (primary N) is 2. The topological polar surface area (TPSA) is 116 Å². The van der Waals surface area contributed by atoms with Gasteiger partial charge in [-0.1, -0.05) is 0 Å². The van der Waals surface area contributed by atoms with Crippen molar-refractivity contribution in [1.29, 1.82) is 0 Å². The summed E-state index contributed by atoms with van der Waals surface area (Å²) in [5.41, 5.74) is 12.7. The van der Waals surface area contributed by atoms with Crippen molar-refractivity contribution in [3.8, 4) is 0 Å². The molecule has 7 nitrogen and oxygen atoms in total. The number of rotatable bonds is 1. The number of nitrogens with zero attached hydrogens (tertiary/aromatic N) is 4. The highest BCUT2D eigenvalue weighted by molar-refractivity contribution is 5.81. The van der Waals surface area contributed by atoms with Gasteiger partial charge in [0, 0.05) is 6.04 Å². The van der Waals surface area contributed by atoms with E-state index in [1.807, 2.05) is 4.57 Å². The van der Waals surface area contributed by atoms with Gasteiger partial charge in [0.15, 0.2) is 11.5 Å². The quantitative estimate of drug-likeness (QED) is 0.608. The van der Waals surface area contributed by atoms with Crippen molar-refractivity contribution < 1.29 is 5.11 Å². The van der Waals surface area contributed by atoms with Crippen LogP contribution in [0.2, 0.25) is 0 Å². The van der Waals surface area contributed by atoms with Crippen LogP contribution in [0.1, 0.15) is 18.9 Å². The highest BCUT2D eigenvalue weighted by atomic mass is 16.3. The van der Waals surface area contributed by atoms with Crippen LogP contribution in [0, 0.1) is 0 Å². The lowest BCUT2D eigenvalue weighted by Gasteiger charge is -2.18. The Balaban J connectivity index is 2.10. The molecule has 3 atom stereocenters. The minimum atomic E-state index is -0.566. The van der Waals surface area contributed by atoms with Crippen LogP contribution in [0.5, 0.6) is 0 Å². The normalized spacial score (nSPS) is 28.9. The van der Waals surface area contributed by atoms with E-state index < -0.39 is 6.10 Å². The molecule has 1 aliphatic carbocycles. The van der Waals surface area contributed by atoms with Gasteiger partial charge in [0.05, 0.1) is 18.5 Å². The number of nitrogen functional groups attached to an aromatic ring is 1. The molecule has 3 rings (SSSR count). The highest BCUT2D eigenvalue weighted by Crippen LogP contribution is 2.31. The zero-order valence-electron chi connectivity index (χ0n) is 9.19. The second-order valence-corrected chi connectivity index (χ2v) is 4.38. The van der Waals surface area contributed by atoms with Gasteiger partial charge in [0.25, 0.3) is 0 Å². The fraction of sp³-hybridized carbons (Fsp3) is 0.500. The van der Waals surface area contributed by atoms with E-state index in [-0.39, 0.29) is 12.1 Å². The fourth-order valence-corrected chi connectivity index (χ4v) is 2.41. The Morgan fingerprint density at radius 2 is 2.12 bits per heavy atom. The van der Waals surface area contributed by atoms with Gasteiger partial charge in [0.2, 0.25) is 0 Å². The molecule has 0 unspecified atom stereocenters. The summed E-state index contributed by atoms with van der Waals surface area (Å²) in [6, 6.07) is -0.263. The average molecular weight is 234 g/mol. The summed E-state index contributed by atoms with van der Waals surface area (Å²) in [7, 11) is 0. The maximum atomic E-state index is 10.0. The second kappa shape index (κ2) is 3.64. The first-order valence-electron chi connectivity index (χ1n) is 5.55. The third kappa shape index (κ3) is 1.47. The molecule has 5 N–H and O–H groups in total. The van der Waals surface area contributed by atoms with Gasteiger partial charge in [-0.25, -0.2) is 15.0 Å². The van der Waals surface area contributed by atoms with E-state index in [1.165, 1.54) is 6.33 Å². The van der Waals surface area contributed by atoms with Gasteiger partial charge in [-0.3, -0.25) is 0 Å². The molecule has 1 fully saturated rings. The van der Waals surface area contributed by atoms with E-state index in [2.05, 4.69) is 15.0 Å². The van der Waals surface area contributed by atoms with Gasteiger partial charge in [-0.2, -0.15) is 0 Å². The molecule has 0 bridgehead atoms. The van der Waals surface area contributed by atoms with E-state index in [9.17, 15) is 5.11 Å². The highest BCUT2D eigenvalue weighted by Gasteiger charge is 2.34. The zero-order chi connectivity index (χ0) is 12.0. The first kappa shape index (κ1) is 10.4. The van der Waals surface area contributed by atoms with Crippen molar-refractivity contribution in [2.24, 2.45) is 5.73 Å². The maximum Gasteiger partial charge on any atom is 0.165 e. The molecule has 90 valence electrons. The molecule has 2 aromatic rings. The van der Waals surface area contributed by atoms with Crippen LogP contribution in [0.3, 0.4) is 0 Å². The Hall–Kier alpha value is -1.73. The number of fused-ring (bicyclic) bond motifs is 1. The first-order chi connectivity index (χ1) is 8.18. The van der Waals surface area contributed by atoms with Crippen molar-refractivity contribution in [3.05, 3.63) is 12.7 Å². The van der Waals surface area contributed by atoms with Crippen LogP contribution in [0.15, 0.2) is 12.7 Å². The smallest absolute Gasteiger partial charge is 0.165 e. The summed E-state index contributed by atoms with van der Waals surface area (Å²) in [6.45, 7) is 0. The van der Waals surface area contributed by atoms with E-state index in [0.29, 0.717) is 17.0 Å². The summed E-state index contributed by atoms with van der Waals surface area (Å²) in [4.78, 5) is 12.2. The molecule has 0 amide bonds. The van der Waals surface area contributed by atoms with E-state index in [4.69, 9.17) is 11.5 Å². The molecule has 2 aromatic heterocycles. The van der Waals surface area contributed by atoms with Crippen LogP contribution < -0.4 is 11.5 Å². The molecule has 1 aliphatic rings. The predicted molar refractivity (Wildman–Crippen MR) is 62.0 cm³/mol. The number of aliphatic hydroxyl groups excluding tert-OH is 1. The lowest BCUT2D eigenvalue weighted by Crippen LogP contribution is -2.33. The number of anilines is 1. The van der Waals surface area contributed by atoms with Crippen LogP contribution in [-0.2, 0) is 0 Å². The van der Waals surface area contributed by atoms with E-state index in [1.54, 1.807) is 6.33 Å². The van der Waals surface area contributed by atoms with Gasteiger partial charge in [0.1, 0.15) is 11.8 Å². The maximum absolute atomic E-state index is 10.0. The number of imidazole rings is 1. The Morgan fingerprint density at radius 1 is 1.29 bits per heavy atom. The van der Waals surface area contributed by atoms with Crippen molar-refractivity contribution >= 4 is 17.0 Å². The average Bonchev–Trinajstić information content (AvgIpc) is 2.86. The molecule has 17 heavy (non-hydrogen) atoms. The fourth-order valence-electron chi connectivity index (χ4n) is 2.41. The van der Waals surface area contributed by atoms with Crippen LogP contribution >= 0.6 is 0 Å². The molecule has 1 saturated carbocycles. The molecule has 0 radical (unpaired) electrons. The summed E-state index contributed by atoms with van der Waals surface area (Å²) in [6.07, 6.45) is 4.09. The number of aliphatic hydroxyl groups is 1. The first-order valence-corrected chi connectivity index (χ1v) is 5.55. The molecular formula is C10H14N6O. The number of aromatic nitrogens is 4. The minimum Gasteiger partial charge on any atom is -0.389 e. The van der Waals surface area contributed by atoms with Crippen molar-refractivity contribution in [2.45, 2.75) is 31.0 Å². The predicted octanol–water partition coefficient (Wildman–Crippen LogP) is -0.568. The zero-order valence-corrected chi connectivity index (χ0v) is 9.19. The van der Waals surface area contributed by atoms with Crippen LogP contribution in [-0.4, -0.2) is 36.8 Å². The number of hydrogen-bond acceptors (Lipinski definition) is 6. The lowest BCUT2D eigenvalue weighted by atomic mass is 10.2. The molecule has 7 heteroatoms. The van der Waals surface area contributed by atoms with E-state index >= 15 is 0 Å². The second-order valence-electron chi connectivity index (χ2n) is 4.38. The molecule has 0 aliphatic heterocycles. The van der Waals surface area contributed by atoms with Gasteiger partial charge in [-0.05, 0) is 12.8 Å². The molecular weight excluding hydrogens is 220 g/mol. The largest absolute Gasteiger partial charge is 0.389 e. The third-order valence-corrected chi connectivity index (χ3v) is 3.37. The molecule has 0 saturated heterocycles. The van der Waals surface area contributed by atoms with Crippen molar-refractivity contribution in [2.75, 3.05) is 5.73 Å². The van der Waals surface area contributed by atoms with Crippen LogP contribution in [0.4, 0.5) is 5.82 Å². The van der Waals surface area contributed by atoms with E-state index in [0.717, 1.165) is 12.8 Å². The lowest BCUT2D eigenvalue weighted by molar-refractivity contribution is 0.123. The molecule has 0 spiro atoms. The standard InChI is InChI=1S/C10H14N6O/c11-5-1-2-6(8(5)17)16-4-15-7-9(12)13-3-14-10(7)16/h3-6,8,17H,1-2,11H2,(H2,12,13,14)/t5-,6-,8-/m0/s1. The van der Waals surface area contributed by atoms with Gasteiger partial charge in [-0.15, -0.1) is 0 Å². The summed E-state index contributed by atoms with van der Waals surface area (Å²) in [5, 5.41) is 10.0. The van der Waals surface area contributed by atoms with Gasteiger partial charge >= 0.3 is 0 Å². The van der Waals surface area contributed by atoms with Crippen molar-refractivity contribution in [3.63, 3.8) is 0 Å². The Kier molecular flexibility index (Phi) is 2.23. The summed E-state index contributed by atoms with van der Waals surface area (Å²) >= 11 is 0.